The quantitative estimate of drug-likeness (QED) is 0.549. The van der Waals surface area contributed by atoms with Gasteiger partial charge >= 0.3 is 0 Å². The second kappa shape index (κ2) is 9.71. The van der Waals surface area contributed by atoms with Crippen LogP contribution in [0.2, 0.25) is 0 Å². The molecule has 0 bridgehead atoms. The van der Waals surface area contributed by atoms with Crippen molar-refractivity contribution in [1.82, 2.24) is 15.5 Å². The van der Waals surface area contributed by atoms with Gasteiger partial charge in [0, 0.05) is 26.4 Å². The molecule has 7 heteroatoms. The predicted molar refractivity (Wildman–Crippen MR) is 115 cm³/mol. The number of aliphatic imine (C=N–C) groups is 1. The van der Waals surface area contributed by atoms with Gasteiger partial charge in [0.05, 0.1) is 10.9 Å². The molecule has 0 aliphatic rings. The summed E-state index contributed by atoms with van der Waals surface area (Å²) in [5.74, 6) is 0.702. The molecule has 2 aromatic carbocycles. The monoisotopic (exact) mass is 402 g/mol. The molecule has 0 aromatic heterocycles. The first-order valence-corrected chi connectivity index (χ1v) is 11.1. The third-order valence-corrected chi connectivity index (χ3v) is 5.85. The average molecular weight is 403 g/mol. The number of nitrogens with one attached hydrogen (secondary N) is 2. The van der Waals surface area contributed by atoms with Crippen LogP contribution in [0.1, 0.15) is 22.7 Å². The van der Waals surface area contributed by atoms with Gasteiger partial charge < -0.3 is 15.5 Å². The Morgan fingerprint density at radius 1 is 1.11 bits per heavy atom. The number of rotatable bonds is 7. The molecule has 2 rings (SSSR count). The fourth-order valence-electron chi connectivity index (χ4n) is 3.11. The van der Waals surface area contributed by atoms with Crippen LogP contribution in [0.4, 0.5) is 0 Å². The molecular formula is C21H30N4O2S. The second-order valence-corrected chi connectivity index (χ2v) is 9.05. The third kappa shape index (κ3) is 6.07. The Hall–Kier alpha value is -2.38. The maximum absolute atomic E-state index is 11.7. The summed E-state index contributed by atoms with van der Waals surface area (Å²) in [4.78, 5) is 6.83. The number of likely N-dealkylation sites (N-methyl/N-ethyl adjacent to an activating group) is 1. The molecule has 152 valence electrons. The number of benzene rings is 2. The minimum atomic E-state index is -3.20. The van der Waals surface area contributed by atoms with Crippen LogP contribution in [-0.4, -0.2) is 53.2 Å². The molecule has 0 aliphatic carbocycles. The Morgan fingerprint density at radius 2 is 1.79 bits per heavy atom. The fourth-order valence-corrected chi connectivity index (χ4v) is 4.07. The van der Waals surface area contributed by atoms with E-state index in [0.717, 1.165) is 11.1 Å². The zero-order valence-electron chi connectivity index (χ0n) is 17.2. The lowest BCUT2D eigenvalue weighted by molar-refractivity contribution is 0.298. The lowest BCUT2D eigenvalue weighted by Crippen LogP contribution is -2.41. The molecule has 6 nitrogen and oxygen atoms in total. The van der Waals surface area contributed by atoms with Gasteiger partial charge in [0.2, 0.25) is 0 Å². The molecule has 0 spiro atoms. The van der Waals surface area contributed by atoms with Crippen molar-refractivity contribution in [2.75, 3.05) is 33.9 Å². The van der Waals surface area contributed by atoms with Gasteiger partial charge in [0.15, 0.2) is 15.8 Å². The Labute approximate surface area is 168 Å². The number of hydrogen-bond donors (Lipinski definition) is 2. The van der Waals surface area contributed by atoms with Crippen molar-refractivity contribution in [1.29, 1.82) is 0 Å². The first kappa shape index (κ1) is 21.9. The number of aryl methyl sites for hydroxylation is 1. The van der Waals surface area contributed by atoms with E-state index in [1.54, 1.807) is 13.1 Å². The maximum Gasteiger partial charge on any atom is 0.191 e. The summed E-state index contributed by atoms with van der Waals surface area (Å²) in [6.45, 7) is 3.08. The Bertz CT molecular complexity index is 909. The number of sulfone groups is 1. The summed E-state index contributed by atoms with van der Waals surface area (Å²) in [7, 11) is 2.65. The molecule has 0 saturated heterocycles. The molecule has 2 N–H and O–H groups in total. The summed E-state index contributed by atoms with van der Waals surface area (Å²) in [5.41, 5.74) is 2.99. The molecule has 0 saturated carbocycles. The number of nitrogens with zero attached hydrogens (tertiary/aromatic N) is 2. The van der Waals surface area contributed by atoms with Crippen molar-refractivity contribution in [2.45, 2.75) is 24.4 Å². The summed E-state index contributed by atoms with van der Waals surface area (Å²) < 4.78 is 23.5. The largest absolute Gasteiger partial charge is 0.354 e. The minimum absolute atomic E-state index is 0.219. The highest BCUT2D eigenvalue weighted by atomic mass is 32.2. The van der Waals surface area contributed by atoms with E-state index in [0.29, 0.717) is 23.9 Å². The Kier molecular flexibility index (Phi) is 7.60. The molecule has 0 radical (unpaired) electrons. The van der Waals surface area contributed by atoms with Crippen molar-refractivity contribution in [3.05, 3.63) is 65.2 Å². The van der Waals surface area contributed by atoms with Gasteiger partial charge in [-0.2, -0.15) is 0 Å². The topological polar surface area (TPSA) is 73.8 Å². The fraction of sp³-hybridized carbons (Fsp3) is 0.381. The smallest absolute Gasteiger partial charge is 0.191 e. The van der Waals surface area contributed by atoms with Crippen molar-refractivity contribution in [3.8, 4) is 0 Å². The van der Waals surface area contributed by atoms with Gasteiger partial charge in [-0.1, -0.05) is 42.5 Å². The van der Waals surface area contributed by atoms with E-state index in [9.17, 15) is 8.42 Å². The van der Waals surface area contributed by atoms with E-state index < -0.39 is 9.84 Å². The third-order valence-electron chi connectivity index (χ3n) is 4.59. The van der Waals surface area contributed by atoms with E-state index >= 15 is 0 Å². The SMILES string of the molecule is CN=C(NCc1ccc(S(C)(=O)=O)c(C)c1)NCC(c1ccccc1)N(C)C. The number of hydrogen-bond acceptors (Lipinski definition) is 4. The zero-order valence-corrected chi connectivity index (χ0v) is 18.0. The van der Waals surface area contributed by atoms with Crippen LogP contribution in [0.3, 0.4) is 0 Å². The standard InChI is InChI=1S/C21H30N4O2S/c1-16-13-17(11-12-20(16)28(5,26)27)14-23-21(22-2)24-15-19(25(3)4)18-9-7-6-8-10-18/h6-13,19H,14-15H2,1-5H3,(H2,22,23,24). The molecule has 2 aromatic rings. The van der Waals surface area contributed by atoms with Gasteiger partial charge in [-0.3, -0.25) is 4.99 Å². The molecule has 28 heavy (non-hydrogen) atoms. The van der Waals surface area contributed by atoms with E-state index in [4.69, 9.17) is 0 Å². The Morgan fingerprint density at radius 3 is 2.32 bits per heavy atom. The van der Waals surface area contributed by atoms with Crippen molar-refractivity contribution < 1.29 is 8.42 Å². The summed E-state index contributed by atoms with van der Waals surface area (Å²) >= 11 is 0. The van der Waals surface area contributed by atoms with Crippen LogP contribution in [0.25, 0.3) is 0 Å². The lowest BCUT2D eigenvalue weighted by atomic mass is 10.1. The van der Waals surface area contributed by atoms with Crippen molar-refractivity contribution in [3.63, 3.8) is 0 Å². The van der Waals surface area contributed by atoms with Crippen molar-refractivity contribution in [2.24, 2.45) is 4.99 Å². The van der Waals surface area contributed by atoms with Gasteiger partial charge in [-0.15, -0.1) is 0 Å². The first-order valence-electron chi connectivity index (χ1n) is 9.18. The lowest BCUT2D eigenvalue weighted by Gasteiger charge is -2.26. The van der Waals surface area contributed by atoms with Gasteiger partial charge in [-0.05, 0) is 43.8 Å². The van der Waals surface area contributed by atoms with Crippen LogP contribution in [-0.2, 0) is 16.4 Å². The molecule has 0 amide bonds. The van der Waals surface area contributed by atoms with Gasteiger partial charge in [-0.25, -0.2) is 8.42 Å². The number of guanidine groups is 1. The molecule has 0 fully saturated rings. The Balaban J connectivity index is 1.99. The van der Waals surface area contributed by atoms with E-state index in [1.807, 2.05) is 37.3 Å². The van der Waals surface area contributed by atoms with Crippen LogP contribution in [0.15, 0.2) is 58.4 Å². The van der Waals surface area contributed by atoms with E-state index in [1.165, 1.54) is 11.8 Å². The van der Waals surface area contributed by atoms with E-state index in [2.05, 4.69) is 46.8 Å². The van der Waals surface area contributed by atoms with Crippen LogP contribution in [0, 0.1) is 6.92 Å². The molecule has 1 atom stereocenters. The highest BCUT2D eigenvalue weighted by Gasteiger charge is 2.14. The van der Waals surface area contributed by atoms with Crippen LogP contribution >= 0.6 is 0 Å². The summed E-state index contributed by atoms with van der Waals surface area (Å²) in [5, 5.41) is 6.66. The minimum Gasteiger partial charge on any atom is -0.354 e. The predicted octanol–water partition coefficient (Wildman–Crippen LogP) is 2.37. The summed E-state index contributed by atoms with van der Waals surface area (Å²) in [6.07, 6.45) is 1.23. The average Bonchev–Trinajstić information content (AvgIpc) is 2.64. The van der Waals surface area contributed by atoms with Gasteiger partial charge in [0.1, 0.15) is 0 Å². The highest BCUT2D eigenvalue weighted by molar-refractivity contribution is 7.90. The normalized spacial score (nSPS) is 13.4. The highest BCUT2D eigenvalue weighted by Crippen LogP contribution is 2.17. The zero-order chi connectivity index (χ0) is 20.7. The first-order chi connectivity index (χ1) is 13.2. The second-order valence-electron chi connectivity index (χ2n) is 7.07. The molecule has 1 unspecified atom stereocenters. The maximum atomic E-state index is 11.7. The molecule has 0 aliphatic heterocycles. The van der Waals surface area contributed by atoms with Crippen LogP contribution in [0.5, 0.6) is 0 Å². The van der Waals surface area contributed by atoms with E-state index in [-0.39, 0.29) is 6.04 Å². The van der Waals surface area contributed by atoms with Gasteiger partial charge in [0.25, 0.3) is 0 Å². The molecule has 0 heterocycles. The van der Waals surface area contributed by atoms with Crippen LogP contribution < -0.4 is 10.6 Å². The summed E-state index contributed by atoms with van der Waals surface area (Å²) in [6, 6.07) is 15.9. The van der Waals surface area contributed by atoms with Crippen molar-refractivity contribution >= 4 is 15.8 Å². The molecular weight excluding hydrogens is 372 g/mol.